The lowest BCUT2D eigenvalue weighted by Gasteiger charge is -2.49. The molecule has 0 amide bonds. The van der Waals surface area contributed by atoms with Crippen LogP contribution in [0.1, 0.15) is 113 Å². The van der Waals surface area contributed by atoms with Crippen molar-refractivity contribution >= 4 is 41.8 Å². The molecule has 11 aromatic rings. The van der Waals surface area contributed by atoms with Gasteiger partial charge < -0.3 is 0 Å². The summed E-state index contributed by atoms with van der Waals surface area (Å²) < 4.78 is 0. The molecule has 0 saturated heterocycles. The number of hydrogen-bond acceptors (Lipinski definition) is 2. The van der Waals surface area contributed by atoms with E-state index < -0.39 is 21.7 Å². The van der Waals surface area contributed by atoms with Gasteiger partial charge in [0.05, 0.1) is 21.7 Å². The Morgan fingerprint density at radius 1 is 0.302 bits per heavy atom. The molecule has 11 aromatic carbocycles. The van der Waals surface area contributed by atoms with Gasteiger partial charge in [-0.3, -0.25) is 0 Å². The van der Waals surface area contributed by atoms with Gasteiger partial charge >= 0.3 is 0 Å². The van der Waals surface area contributed by atoms with E-state index in [1.165, 1.54) is 134 Å². The summed E-state index contributed by atoms with van der Waals surface area (Å²) in [6.45, 7) is 0. The van der Waals surface area contributed by atoms with Crippen LogP contribution < -0.4 is 0 Å². The molecule has 404 valence electrons. The van der Waals surface area contributed by atoms with Crippen LogP contribution >= 0.6 is 25.3 Å². The van der Waals surface area contributed by atoms with Crippen LogP contribution in [-0.4, -0.2) is 0 Å². The monoisotopic (exact) mass is 1130 g/mol. The molecule has 4 spiro atoms. The van der Waals surface area contributed by atoms with E-state index in [0.29, 0.717) is 0 Å². The lowest BCUT2D eigenvalue weighted by molar-refractivity contribution is 0.630. The number of allylic oxidation sites excluding steroid dienone is 9. The van der Waals surface area contributed by atoms with E-state index in [0.717, 1.165) is 33.8 Å². The van der Waals surface area contributed by atoms with Crippen molar-refractivity contribution in [1.29, 1.82) is 0 Å². The number of hydrogen-bond donors (Lipinski definition) is 2. The first-order chi connectivity index (χ1) is 42.5. The predicted octanol–water partition coefficient (Wildman–Crippen LogP) is 20.2. The molecular weight excluding hydrogens is 1070 g/mol. The zero-order chi connectivity index (χ0) is 56.9. The van der Waals surface area contributed by atoms with E-state index in [4.69, 9.17) is 25.3 Å². The van der Waals surface area contributed by atoms with Crippen molar-refractivity contribution in [1.82, 2.24) is 0 Å². The molecule has 0 fully saturated rings. The maximum atomic E-state index is 5.34. The second-order valence-corrected chi connectivity index (χ2v) is 25.1. The Bertz CT molecular complexity index is 4850. The Hall–Kier alpha value is -9.44. The third kappa shape index (κ3) is 6.23. The van der Waals surface area contributed by atoms with Crippen molar-refractivity contribution in [2.24, 2.45) is 0 Å². The van der Waals surface area contributed by atoms with Crippen LogP contribution in [0.3, 0.4) is 0 Å². The predicted molar refractivity (Wildman–Crippen MR) is 362 cm³/mol. The lowest BCUT2D eigenvalue weighted by atomic mass is 9.52. The van der Waals surface area contributed by atoms with Crippen LogP contribution in [0.15, 0.2) is 308 Å². The highest BCUT2D eigenvalue weighted by Crippen LogP contribution is 2.70. The standard InChI is InChI=1S/C84H56S2/c85-55(24-21-23-53-47-49-76-78(51-53)83(68-38-13-5-30-60(68)61-31-6-14-39-69(61)83)74-44-19-17-42-72(74)81(76)64-34-9-1-26-56(64)57-27-2-10-35-65(57)81)25-22-46-80(86)54-48-50-77-79(52-54)84(70-40-15-7-32-62(70)63-33-8-16-41-71(63)84)75-45-20-18-43-73(75)82(77)66-36-11-3-28-58(66)59-29-4-12-37-67(59)82/h1,3-9,11-52,85-86H,2,10H2/b23-21+,25-22+,55-24-,80-46-. The van der Waals surface area contributed by atoms with Crippen molar-refractivity contribution in [3.8, 4) is 33.4 Å². The fourth-order valence-corrected chi connectivity index (χ4v) is 18.0. The highest BCUT2D eigenvalue weighted by atomic mass is 32.1. The second kappa shape index (κ2) is 18.5. The first-order valence-corrected chi connectivity index (χ1v) is 31.1. The molecule has 0 nitrogen and oxygen atoms in total. The summed E-state index contributed by atoms with van der Waals surface area (Å²) in [5, 5.41) is 0. The minimum Gasteiger partial charge on any atom is -0.143 e. The van der Waals surface area contributed by atoms with E-state index in [1.54, 1.807) is 0 Å². The van der Waals surface area contributed by atoms with Crippen LogP contribution in [0, 0.1) is 0 Å². The highest BCUT2D eigenvalue weighted by Gasteiger charge is 2.61. The van der Waals surface area contributed by atoms with Gasteiger partial charge in [0.1, 0.15) is 0 Å². The third-order valence-electron chi connectivity index (χ3n) is 20.6. The zero-order valence-corrected chi connectivity index (χ0v) is 49.0. The molecule has 0 aromatic heterocycles. The largest absolute Gasteiger partial charge is 0.143 e. The summed E-state index contributed by atoms with van der Waals surface area (Å²) in [5.41, 5.74) is 32.1. The number of rotatable bonds is 5. The van der Waals surface area contributed by atoms with Crippen molar-refractivity contribution in [3.05, 3.63) is 408 Å². The lowest BCUT2D eigenvalue weighted by Crippen LogP contribution is -2.44. The number of fused-ring (bicyclic) bond motifs is 32. The van der Waals surface area contributed by atoms with Gasteiger partial charge in [-0.1, -0.05) is 273 Å². The van der Waals surface area contributed by atoms with Gasteiger partial charge in [-0.25, -0.2) is 0 Å². The van der Waals surface area contributed by atoms with Crippen LogP contribution in [0.2, 0.25) is 0 Å². The zero-order valence-electron chi connectivity index (χ0n) is 47.2. The van der Waals surface area contributed by atoms with Crippen LogP contribution in [0.4, 0.5) is 0 Å². The summed E-state index contributed by atoms with van der Waals surface area (Å²) in [6, 6.07) is 97.0. The summed E-state index contributed by atoms with van der Waals surface area (Å²) in [6.07, 6.45) is 19.9. The Kier molecular flexibility index (Phi) is 10.8. The van der Waals surface area contributed by atoms with E-state index >= 15 is 0 Å². The quantitative estimate of drug-likeness (QED) is 0.125. The molecular formula is C84H56S2. The molecule has 0 heterocycles. The Morgan fingerprint density at radius 3 is 1.13 bits per heavy atom. The molecule has 86 heavy (non-hydrogen) atoms. The molecule has 1 unspecified atom stereocenters. The van der Waals surface area contributed by atoms with Crippen molar-refractivity contribution in [2.45, 2.75) is 34.5 Å². The fourth-order valence-electron chi connectivity index (χ4n) is 17.6. The Labute approximate surface area is 514 Å². The molecule has 0 saturated carbocycles. The molecule has 7 aliphatic rings. The molecule has 18 rings (SSSR count). The van der Waals surface area contributed by atoms with Gasteiger partial charge in [-0.2, -0.15) is 0 Å². The first-order valence-electron chi connectivity index (χ1n) is 30.3. The normalized spacial score (nSPS) is 18.3. The van der Waals surface area contributed by atoms with E-state index in [9.17, 15) is 0 Å². The third-order valence-corrected chi connectivity index (χ3v) is 21.3. The molecule has 0 radical (unpaired) electrons. The van der Waals surface area contributed by atoms with Gasteiger partial charge in [-0.15, -0.1) is 25.3 Å². The molecule has 1 atom stereocenters. The molecule has 0 bridgehead atoms. The van der Waals surface area contributed by atoms with Gasteiger partial charge in [0.2, 0.25) is 0 Å². The topological polar surface area (TPSA) is 0 Å². The molecule has 7 aliphatic carbocycles. The van der Waals surface area contributed by atoms with Crippen LogP contribution in [0.5, 0.6) is 0 Å². The fraction of sp³-hybridized carbons (Fsp3) is 0.0714. The first kappa shape index (κ1) is 49.9. The maximum absolute atomic E-state index is 5.34. The Balaban J connectivity index is 0.748. The summed E-state index contributed by atoms with van der Waals surface area (Å²) >= 11 is 10.4. The molecule has 0 N–H and O–H groups in total. The minimum absolute atomic E-state index is 0.465. The van der Waals surface area contributed by atoms with Crippen molar-refractivity contribution in [2.75, 3.05) is 0 Å². The van der Waals surface area contributed by atoms with E-state index in [-0.39, 0.29) is 0 Å². The van der Waals surface area contributed by atoms with Crippen LogP contribution in [0.25, 0.3) is 49.9 Å². The van der Waals surface area contributed by atoms with E-state index in [2.05, 4.69) is 303 Å². The molecule has 0 aliphatic heterocycles. The van der Waals surface area contributed by atoms with Gasteiger partial charge in [0.25, 0.3) is 0 Å². The summed E-state index contributed by atoms with van der Waals surface area (Å²) in [7, 11) is 0. The highest BCUT2D eigenvalue weighted by molar-refractivity contribution is 7.90. The van der Waals surface area contributed by atoms with Gasteiger partial charge in [-0.05, 0) is 188 Å². The SMILES string of the molecule is SC(=C\C=C\c1ccc2c(c1)C1(c3ccccc3-c3ccccc31)c1ccccc1C21C2=CCCC=C2c2ccccc21)/C=C/C=C(\S)c1ccc2c(c1)C1(c3ccccc3-c3ccccc31)c1ccccc1C21c2ccccc2-c2ccccc21. The molecule has 2 heteroatoms. The van der Waals surface area contributed by atoms with Gasteiger partial charge in [0.15, 0.2) is 0 Å². The summed E-state index contributed by atoms with van der Waals surface area (Å²) in [4.78, 5) is 1.72. The number of benzene rings is 11. The average Bonchev–Trinajstić information content (AvgIpc) is 1.44. The van der Waals surface area contributed by atoms with E-state index in [1.807, 2.05) is 0 Å². The Morgan fingerprint density at radius 2 is 0.651 bits per heavy atom. The number of thiol groups is 2. The smallest absolute Gasteiger partial charge is 0.0720 e. The van der Waals surface area contributed by atoms with Gasteiger partial charge in [0, 0.05) is 9.81 Å². The van der Waals surface area contributed by atoms with Crippen molar-refractivity contribution < 1.29 is 0 Å². The second-order valence-electron chi connectivity index (χ2n) is 24.2. The minimum atomic E-state index is -0.573. The van der Waals surface area contributed by atoms with Crippen LogP contribution in [-0.2, 0) is 21.7 Å². The summed E-state index contributed by atoms with van der Waals surface area (Å²) in [5.74, 6) is 0. The maximum Gasteiger partial charge on any atom is 0.0720 e. The average molecular weight is 1130 g/mol. The van der Waals surface area contributed by atoms with Crippen molar-refractivity contribution in [3.63, 3.8) is 0 Å².